The molecule has 0 aromatic heterocycles. The third-order valence-electron chi connectivity index (χ3n) is 2.95. The third kappa shape index (κ3) is 10.3. The largest absolute Gasteiger partial charge is 0.492 e. The molecule has 0 unspecified atom stereocenters. The highest BCUT2D eigenvalue weighted by atomic mass is 79.9. The minimum atomic E-state index is -0.515. The molecule has 0 saturated heterocycles. The smallest absolute Gasteiger partial charge is 0.309 e. The van der Waals surface area contributed by atoms with Gasteiger partial charge in [-0.1, -0.05) is 0 Å². The van der Waals surface area contributed by atoms with E-state index in [-0.39, 0.29) is 38.0 Å². The van der Waals surface area contributed by atoms with Crippen LogP contribution in [-0.4, -0.2) is 36.4 Å². The van der Waals surface area contributed by atoms with Crippen molar-refractivity contribution in [1.29, 1.82) is 0 Å². The molecule has 0 bridgehead atoms. The number of halogens is 2. The molecule has 6 nitrogen and oxygen atoms in total. The number of carbonyl (C=O) groups is 2. The number of rotatable bonds is 8. The highest BCUT2D eigenvalue weighted by molar-refractivity contribution is 9.11. The van der Waals surface area contributed by atoms with Gasteiger partial charge in [-0.15, -0.1) is 0 Å². The Morgan fingerprint density at radius 3 is 1.36 bits per heavy atom. The molecule has 0 saturated carbocycles. The molecule has 0 atom stereocenters. The van der Waals surface area contributed by atoms with Crippen LogP contribution in [-0.2, 0) is 19.1 Å². The zero-order valence-electron chi connectivity index (χ0n) is 17.2. The van der Waals surface area contributed by atoms with Crippen LogP contribution in [0, 0.1) is 0 Å². The van der Waals surface area contributed by atoms with E-state index in [4.69, 9.17) is 18.9 Å². The highest BCUT2D eigenvalue weighted by Crippen LogP contribution is 2.36. The first-order chi connectivity index (χ1) is 12.8. The monoisotopic (exact) mass is 522 g/mol. The van der Waals surface area contributed by atoms with Gasteiger partial charge in [0.15, 0.2) is 0 Å². The van der Waals surface area contributed by atoms with Crippen molar-refractivity contribution in [2.75, 3.05) is 13.2 Å². The Bertz CT molecular complexity index is 629. The quantitative estimate of drug-likeness (QED) is 0.423. The van der Waals surface area contributed by atoms with Crippen LogP contribution >= 0.6 is 31.9 Å². The second-order valence-corrected chi connectivity index (χ2v) is 9.79. The lowest BCUT2D eigenvalue weighted by molar-refractivity contribution is -0.156. The standard InChI is InChI=1S/C20H28Br2O6/c1-19(2,3)27-17(23)7-9-25-15-11-14(22)16(12-13(15)21)26-10-8-18(24)28-20(4,5)6/h11-12H,7-10H2,1-6H3. The van der Waals surface area contributed by atoms with Gasteiger partial charge in [0, 0.05) is 0 Å². The van der Waals surface area contributed by atoms with Gasteiger partial charge in [0.25, 0.3) is 0 Å². The van der Waals surface area contributed by atoms with Gasteiger partial charge in [0.2, 0.25) is 0 Å². The lowest BCUT2D eigenvalue weighted by Crippen LogP contribution is -2.24. The van der Waals surface area contributed by atoms with Crippen molar-refractivity contribution in [3.63, 3.8) is 0 Å². The third-order valence-corrected chi connectivity index (χ3v) is 4.19. The molecule has 0 N–H and O–H groups in total. The summed E-state index contributed by atoms with van der Waals surface area (Å²) in [5.74, 6) is 0.499. The van der Waals surface area contributed by atoms with Gasteiger partial charge < -0.3 is 18.9 Å². The zero-order chi connectivity index (χ0) is 21.5. The van der Waals surface area contributed by atoms with Gasteiger partial charge in [0.1, 0.15) is 22.7 Å². The highest BCUT2D eigenvalue weighted by Gasteiger charge is 2.18. The maximum atomic E-state index is 11.7. The van der Waals surface area contributed by atoms with Crippen molar-refractivity contribution in [1.82, 2.24) is 0 Å². The molecule has 0 fully saturated rings. The summed E-state index contributed by atoms with van der Waals surface area (Å²) in [7, 11) is 0. The zero-order valence-corrected chi connectivity index (χ0v) is 20.4. The first-order valence-corrected chi connectivity index (χ1v) is 10.5. The van der Waals surface area contributed by atoms with E-state index in [2.05, 4.69) is 31.9 Å². The predicted molar refractivity (Wildman–Crippen MR) is 114 cm³/mol. The Morgan fingerprint density at radius 2 is 1.07 bits per heavy atom. The molecule has 0 heterocycles. The lowest BCUT2D eigenvalue weighted by atomic mass is 10.2. The molecular weight excluding hydrogens is 496 g/mol. The second kappa shape index (κ2) is 10.5. The molecule has 0 radical (unpaired) electrons. The molecule has 0 aliphatic rings. The predicted octanol–water partition coefficient (Wildman–Crippen LogP) is 5.43. The maximum absolute atomic E-state index is 11.7. The molecule has 0 aliphatic heterocycles. The number of carbonyl (C=O) groups excluding carboxylic acids is 2. The van der Waals surface area contributed by atoms with Crippen LogP contribution in [0.1, 0.15) is 54.4 Å². The van der Waals surface area contributed by atoms with E-state index in [0.29, 0.717) is 20.4 Å². The SMILES string of the molecule is CC(C)(C)OC(=O)CCOc1cc(Br)c(OCCC(=O)OC(C)(C)C)cc1Br. The lowest BCUT2D eigenvalue weighted by Gasteiger charge is -2.20. The summed E-state index contributed by atoms with van der Waals surface area (Å²) in [5, 5.41) is 0. The summed E-state index contributed by atoms with van der Waals surface area (Å²) >= 11 is 6.85. The fraction of sp³-hybridized carbons (Fsp3) is 0.600. The Morgan fingerprint density at radius 1 is 0.750 bits per heavy atom. The van der Waals surface area contributed by atoms with Crippen molar-refractivity contribution >= 4 is 43.8 Å². The second-order valence-electron chi connectivity index (χ2n) is 8.08. The van der Waals surface area contributed by atoms with Gasteiger partial charge in [-0.05, 0) is 85.5 Å². The van der Waals surface area contributed by atoms with Gasteiger partial charge in [-0.3, -0.25) is 9.59 Å². The minimum Gasteiger partial charge on any atom is -0.492 e. The summed E-state index contributed by atoms with van der Waals surface area (Å²) in [4.78, 5) is 23.5. The molecule has 0 spiro atoms. The van der Waals surface area contributed by atoms with E-state index >= 15 is 0 Å². The Labute approximate surface area is 183 Å². The molecule has 1 aromatic carbocycles. The summed E-state index contributed by atoms with van der Waals surface area (Å²) in [6.45, 7) is 11.3. The number of esters is 2. The number of hydrogen-bond donors (Lipinski definition) is 0. The van der Waals surface area contributed by atoms with E-state index in [0.717, 1.165) is 0 Å². The van der Waals surface area contributed by atoms with Gasteiger partial charge in [-0.25, -0.2) is 0 Å². The van der Waals surface area contributed by atoms with E-state index in [1.807, 2.05) is 41.5 Å². The van der Waals surface area contributed by atoms with Crippen LogP contribution < -0.4 is 9.47 Å². The normalized spacial score (nSPS) is 11.7. The van der Waals surface area contributed by atoms with Crippen molar-refractivity contribution < 1.29 is 28.5 Å². The molecule has 0 aliphatic carbocycles. The number of hydrogen-bond acceptors (Lipinski definition) is 6. The van der Waals surface area contributed by atoms with Crippen molar-refractivity contribution in [2.24, 2.45) is 0 Å². The van der Waals surface area contributed by atoms with Crippen molar-refractivity contribution in [3.8, 4) is 11.5 Å². The summed E-state index contributed by atoms with van der Waals surface area (Å²) in [6.07, 6.45) is 0.297. The molecule has 1 rings (SSSR count). The van der Waals surface area contributed by atoms with Crippen molar-refractivity contribution in [3.05, 3.63) is 21.1 Å². The van der Waals surface area contributed by atoms with Crippen LogP contribution in [0.2, 0.25) is 0 Å². The molecule has 1 aromatic rings. The van der Waals surface area contributed by atoms with Gasteiger partial charge in [0.05, 0.1) is 35.0 Å². The summed E-state index contributed by atoms with van der Waals surface area (Å²) < 4.78 is 23.1. The van der Waals surface area contributed by atoms with Crippen LogP contribution in [0.15, 0.2) is 21.1 Å². The molecule has 158 valence electrons. The van der Waals surface area contributed by atoms with Crippen molar-refractivity contribution in [2.45, 2.75) is 65.6 Å². The molecule has 8 heteroatoms. The molecule has 28 heavy (non-hydrogen) atoms. The van der Waals surface area contributed by atoms with Crippen LogP contribution in [0.25, 0.3) is 0 Å². The maximum Gasteiger partial charge on any atom is 0.309 e. The van der Waals surface area contributed by atoms with E-state index in [9.17, 15) is 9.59 Å². The van der Waals surface area contributed by atoms with E-state index in [1.54, 1.807) is 12.1 Å². The molecular formula is C20H28Br2O6. The van der Waals surface area contributed by atoms with Gasteiger partial charge >= 0.3 is 11.9 Å². The van der Waals surface area contributed by atoms with E-state index in [1.165, 1.54) is 0 Å². The number of benzene rings is 1. The van der Waals surface area contributed by atoms with Crippen LogP contribution in [0.4, 0.5) is 0 Å². The van der Waals surface area contributed by atoms with Crippen LogP contribution in [0.5, 0.6) is 11.5 Å². The van der Waals surface area contributed by atoms with Crippen LogP contribution in [0.3, 0.4) is 0 Å². The molecule has 0 amide bonds. The minimum absolute atomic E-state index is 0.148. The van der Waals surface area contributed by atoms with Gasteiger partial charge in [-0.2, -0.15) is 0 Å². The fourth-order valence-corrected chi connectivity index (χ4v) is 2.88. The first-order valence-electron chi connectivity index (χ1n) is 8.95. The summed E-state index contributed by atoms with van der Waals surface area (Å²) in [5.41, 5.74) is -1.03. The fourth-order valence-electron chi connectivity index (χ4n) is 2.01. The van der Waals surface area contributed by atoms with E-state index < -0.39 is 11.2 Å². The summed E-state index contributed by atoms with van der Waals surface area (Å²) in [6, 6.07) is 3.48. The Hall–Kier alpha value is -1.28. The first kappa shape index (κ1) is 24.8. The Balaban J connectivity index is 2.53. The average molecular weight is 524 g/mol. The average Bonchev–Trinajstić information content (AvgIpc) is 2.48. The Kier molecular flexibility index (Phi) is 9.27. The topological polar surface area (TPSA) is 71.1 Å². The number of ether oxygens (including phenoxy) is 4.